The Morgan fingerprint density at radius 1 is 1.21 bits per heavy atom. The van der Waals surface area contributed by atoms with Crippen molar-refractivity contribution in [3.8, 4) is 5.75 Å². The smallest absolute Gasteiger partial charge is 0.118 e. The molecule has 2 rings (SSSR count). The lowest BCUT2D eigenvalue weighted by Gasteiger charge is -2.14. The Labute approximate surface area is 119 Å². The van der Waals surface area contributed by atoms with E-state index in [1.54, 1.807) is 7.11 Å². The molecule has 1 atom stereocenters. The minimum absolute atomic E-state index is 0.382. The fourth-order valence-electron chi connectivity index (χ4n) is 2.20. The first-order valence-corrected chi connectivity index (χ1v) is 7.35. The molecule has 0 aliphatic carbocycles. The highest BCUT2D eigenvalue weighted by atomic mass is 32.1. The summed E-state index contributed by atoms with van der Waals surface area (Å²) in [6.45, 7) is 7.45. The molecule has 102 valence electrons. The number of hydrogen-bond donors (Lipinski definition) is 1. The van der Waals surface area contributed by atoms with Crippen LogP contribution < -0.4 is 10.1 Å². The van der Waals surface area contributed by atoms with E-state index < -0.39 is 0 Å². The molecular formula is C16H21NOS. The average molecular weight is 275 g/mol. The standard InChI is InChI=1S/C16H21NOS/c1-11-9-16(13(3)19-11)12(2)17-10-14-5-7-15(18-4)8-6-14/h5-9,12,17H,10H2,1-4H3. The Kier molecular flexibility index (Phi) is 4.61. The van der Waals surface area contributed by atoms with Crippen molar-refractivity contribution in [2.45, 2.75) is 33.4 Å². The molecule has 1 aromatic carbocycles. The summed E-state index contributed by atoms with van der Waals surface area (Å²) in [5.74, 6) is 0.904. The Balaban J connectivity index is 1.96. The van der Waals surface area contributed by atoms with Gasteiger partial charge in [0.2, 0.25) is 0 Å². The summed E-state index contributed by atoms with van der Waals surface area (Å²) in [5, 5.41) is 3.57. The van der Waals surface area contributed by atoms with Crippen LogP contribution in [0, 0.1) is 13.8 Å². The number of rotatable bonds is 5. The Bertz CT molecular complexity index is 530. The van der Waals surface area contributed by atoms with Crippen molar-refractivity contribution in [2.24, 2.45) is 0 Å². The fraction of sp³-hybridized carbons (Fsp3) is 0.375. The summed E-state index contributed by atoms with van der Waals surface area (Å²) in [6, 6.07) is 10.9. The highest BCUT2D eigenvalue weighted by Crippen LogP contribution is 2.26. The van der Waals surface area contributed by atoms with E-state index in [-0.39, 0.29) is 0 Å². The number of aryl methyl sites for hydroxylation is 2. The van der Waals surface area contributed by atoms with E-state index in [1.165, 1.54) is 20.9 Å². The minimum Gasteiger partial charge on any atom is -0.497 e. The van der Waals surface area contributed by atoms with Crippen LogP contribution in [0.4, 0.5) is 0 Å². The third-order valence-electron chi connectivity index (χ3n) is 3.32. The van der Waals surface area contributed by atoms with Gasteiger partial charge in [-0.25, -0.2) is 0 Å². The molecule has 19 heavy (non-hydrogen) atoms. The number of ether oxygens (including phenoxy) is 1. The molecule has 0 saturated heterocycles. The van der Waals surface area contributed by atoms with Crippen LogP contribution in [-0.2, 0) is 6.54 Å². The van der Waals surface area contributed by atoms with Gasteiger partial charge in [0, 0.05) is 22.3 Å². The van der Waals surface area contributed by atoms with Crippen LogP contribution in [-0.4, -0.2) is 7.11 Å². The predicted octanol–water partition coefficient (Wildman–Crippen LogP) is 4.22. The quantitative estimate of drug-likeness (QED) is 0.882. The first kappa shape index (κ1) is 14.1. The van der Waals surface area contributed by atoms with Gasteiger partial charge in [0.15, 0.2) is 0 Å². The number of methoxy groups -OCH3 is 1. The second-order valence-corrected chi connectivity index (χ2v) is 6.28. The van der Waals surface area contributed by atoms with E-state index in [0.29, 0.717) is 6.04 Å². The molecular weight excluding hydrogens is 254 g/mol. The molecule has 0 saturated carbocycles. The van der Waals surface area contributed by atoms with Gasteiger partial charge in [-0.2, -0.15) is 0 Å². The highest BCUT2D eigenvalue weighted by molar-refractivity contribution is 7.12. The lowest BCUT2D eigenvalue weighted by molar-refractivity contribution is 0.414. The molecule has 2 aromatic rings. The molecule has 0 amide bonds. The molecule has 1 N–H and O–H groups in total. The molecule has 0 bridgehead atoms. The summed E-state index contributed by atoms with van der Waals surface area (Å²) >= 11 is 1.87. The minimum atomic E-state index is 0.382. The summed E-state index contributed by atoms with van der Waals surface area (Å²) in [4.78, 5) is 2.79. The van der Waals surface area contributed by atoms with Crippen LogP contribution in [0.15, 0.2) is 30.3 Å². The Hall–Kier alpha value is -1.32. The summed E-state index contributed by atoms with van der Waals surface area (Å²) in [5.41, 5.74) is 2.69. The number of nitrogens with one attached hydrogen (secondary N) is 1. The van der Waals surface area contributed by atoms with Crippen molar-refractivity contribution in [2.75, 3.05) is 7.11 Å². The van der Waals surface area contributed by atoms with Crippen LogP contribution in [0.3, 0.4) is 0 Å². The number of thiophene rings is 1. The van der Waals surface area contributed by atoms with Crippen LogP contribution >= 0.6 is 11.3 Å². The van der Waals surface area contributed by atoms with Gasteiger partial charge in [-0.15, -0.1) is 11.3 Å². The molecule has 2 nitrogen and oxygen atoms in total. The summed E-state index contributed by atoms with van der Waals surface area (Å²) in [6.07, 6.45) is 0. The largest absolute Gasteiger partial charge is 0.497 e. The second-order valence-electron chi connectivity index (χ2n) is 4.82. The van der Waals surface area contributed by atoms with Crippen molar-refractivity contribution in [1.82, 2.24) is 5.32 Å². The van der Waals surface area contributed by atoms with Crippen LogP contribution in [0.5, 0.6) is 5.75 Å². The van der Waals surface area contributed by atoms with Crippen molar-refractivity contribution in [3.05, 3.63) is 51.2 Å². The normalized spacial score (nSPS) is 12.4. The Morgan fingerprint density at radius 2 is 1.89 bits per heavy atom. The van der Waals surface area contributed by atoms with Crippen LogP contribution in [0.2, 0.25) is 0 Å². The monoisotopic (exact) mass is 275 g/mol. The van der Waals surface area contributed by atoms with Gasteiger partial charge in [0.25, 0.3) is 0 Å². The lowest BCUT2D eigenvalue weighted by Crippen LogP contribution is -2.18. The molecule has 1 aromatic heterocycles. The topological polar surface area (TPSA) is 21.3 Å². The molecule has 1 heterocycles. The van der Waals surface area contributed by atoms with Crippen molar-refractivity contribution in [1.29, 1.82) is 0 Å². The van der Waals surface area contributed by atoms with E-state index in [4.69, 9.17) is 4.74 Å². The fourth-order valence-corrected chi connectivity index (χ4v) is 3.23. The first-order chi connectivity index (χ1) is 9.10. The zero-order valence-corrected chi connectivity index (χ0v) is 12.8. The first-order valence-electron chi connectivity index (χ1n) is 6.53. The van der Waals surface area contributed by atoms with E-state index in [2.05, 4.69) is 44.3 Å². The van der Waals surface area contributed by atoms with E-state index in [0.717, 1.165) is 12.3 Å². The number of hydrogen-bond acceptors (Lipinski definition) is 3. The van der Waals surface area contributed by atoms with Gasteiger partial charge in [-0.05, 0) is 50.1 Å². The van der Waals surface area contributed by atoms with Crippen LogP contribution in [0.1, 0.15) is 33.8 Å². The maximum atomic E-state index is 5.16. The van der Waals surface area contributed by atoms with Gasteiger partial charge in [-0.1, -0.05) is 12.1 Å². The van der Waals surface area contributed by atoms with Crippen molar-refractivity contribution >= 4 is 11.3 Å². The molecule has 1 unspecified atom stereocenters. The van der Waals surface area contributed by atoms with Crippen LogP contribution in [0.25, 0.3) is 0 Å². The van der Waals surface area contributed by atoms with Gasteiger partial charge in [0.05, 0.1) is 7.11 Å². The maximum absolute atomic E-state index is 5.16. The maximum Gasteiger partial charge on any atom is 0.118 e. The van der Waals surface area contributed by atoms with Crippen molar-refractivity contribution in [3.63, 3.8) is 0 Å². The summed E-state index contributed by atoms with van der Waals surface area (Å²) in [7, 11) is 1.69. The molecule has 0 spiro atoms. The molecule has 0 aliphatic heterocycles. The van der Waals surface area contributed by atoms with Gasteiger partial charge in [0.1, 0.15) is 5.75 Å². The van der Waals surface area contributed by atoms with Gasteiger partial charge in [-0.3, -0.25) is 0 Å². The highest BCUT2D eigenvalue weighted by Gasteiger charge is 2.10. The van der Waals surface area contributed by atoms with E-state index >= 15 is 0 Å². The van der Waals surface area contributed by atoms with Gasteiger partial charge < -0.3 is 10.1 Å². The molecule has 0 aliphatic rings. The third kappa shape index (κ3) is 3.58. The lowest BCUT2D eigenvalue weighted by atomic mass is 10.1. The molecule has 3 heteroatoms. The van der Waals surface area contributed by atoms with E-state index in [1.807, 2.05) is 23.5 Å². The third-order valence-corrected chi connectivity index (χ3v) is 4.30. The Morgan fingerprint density at radius 3 is 2.42 bits per heavy atom. The SMILES string of the molecule is COc1ccc(CNC(C)c2cc(C)sc2C)cc1. The van der Waals surface area contributed by atoms with Gasteiger partial charge >= 0.3 is 0 Å². The summed E-state index contributed by atoms with van der Waals surface area (Å²) < 4.78 is 5.16. The second kappa shape index (κ2) is 6.22. The zero-order valence-electron chi connectivity index (χ0n) is 12.0. The van der Waals surface area contributed by atoms with Crippen molar-refractivity contribution < 1.29 is 4.74 Å². The average Bonchev–Trinajstić information content (AvgIpc) is 2.75. The zero-order chi connectivity index (χ0) is 13.8. The van der Waals surface area contributed by atoms with E-state index in [9.17, 15) is 0 Å². The predicted molar refractivity (Wildman–Crippen MR) is 82.0 cm³/mol. The number of benzene rings is 1. The molecule has 0 fully saturated rings. The molecule has 0 radical (unpaired) electrons.